The van der Waals surface area contributed by atoms with Crippen molar-refractivity contribution >= 4 is 0 Å². The lowest BCUT2D eigenvalue weighted by molar-refractivity contribution is -0.0347. The zero-order valence-electron chi connectivity index (χ0n) is 10.4. The molecule has 0 radical (unpaired) electrons. The molecule has 0 aromatic carbocycles. The summed E-state index contributed by atoms with van der Waals surface area (Å²) in [6, 6.07) is 0. The molecule has 4 nitrogen and oxygen atoms in total. The first-order valence-electron chi connectivity index (χ1n) is 5.90. The Labute approximate surface area is 97.0 Å². The Morgan fingerprint density at radius 3 is 2.69 bits per heavy atom. The van der Waals surface area contributed by atoms with E-state index in [1.807, 2.05) is 25.0 Å². The highest BCUT2D eigenvalue weighted by molar-refractivity contribution is 5.18. The fourth-order valence-corrected chi connectivity index (χ4v) is 2.47. The number of piperidine rings is 1. The topological polar surface area (TPSA) is 39.1 Å². The van der Waals surface area contributed by atoms with Crippen LogP contribution in [0.25, 0.3) is 0 Å². The van der Waals surface area contributed by atoms with Gasteiger partial charge in [-0.3, -0.25) is 4.68 Å². The molecule has 2 rings (SSSR count). The number of ether oxygens (including phenoxy) is 1. The molecule has 16 heavy (non-hydrogen) atoms. The van der Waals surface area contributed by atoms with E-state index in [0.29, 0.717) is 0 Å². The summed E-state index contributed by atoms with van der Waals surface area (Å²) in [6.07, 6.45) is 5.05. The van der Waals surface area contributed by atoms with Crippen molar-refractivity contribution in [2.75, 3.05) is 20.2 Å². The maximum atomic E-state index is 5.78. The normalized spacial score (nSPS) is 19.9. The minimum atomic E-state index is 0.00377. The van der Waals surface area contributed by atoms with Crippen LogP contribution in [0.5, 0.6) is 0 Å². The minimum absolute atomic E-state index is 0.00377. The predicted octanol–water partition coefficient (Wildman–Crippen LogP) is 1.04. The molecule has 1 aromatic heterocycles. The van der Waals surface area contributed by atoms with Gasteiger partial charge in [-0.05, 0) is 38.4 Å². The summed E-state index contributed by atoms with van der Waals surface area (Å²) in [5.41, 5.74) is 2.56. The number of rotatable bonds is 3. The largest absolute Gasteiger partial charge is 0.378 e. The molecule has 1 N–H and O–H groups in total. The van der Waals surface area contributed by atoms with Crippen LogP contribution >= 0.6 is 0 Å². The van der Waals surface area contributed by atoms with E-state index in [2.05, 4.69) is 17.3 Å². The summed E-state index contributed by atoms with van der Waals surface area (Å²) in [5, 5.41) is 7.67. The monoisotopic (exact) mass is 223 g/mol. The minimum Gasteiger partial charge on any atom is -0.378 e. The summed E-state index contributed by atoms with van der Waals surface area (Å²) >= 11 is 0. The maximum absolute atomic E-state index is 5.78. The average Bonchev–Trinajstić information content (AvgIpc) is 2.62. The summed E-state index contributed by atoms with van der Waals surface area (Å²) < 4.78 is 7.75. The second-order valence-corrected chi connectivity index (χ2v) is 4.71. The Kier molecular flexibility index (Phi) is 3.30. The number of aryl methyl sites for hydroxylation is 2. The zero-order chi connectivity index (χ0) is 11.6. The molecule has 0 bridgehead atoms. The third-order valence-electron chi connectivity index (χ3n) is 3.71. The fourth-order valence-electron chi connectivity index (χ4n) is 2.47. The van der Waals surface area contributed by atoms with E-state index in [0.717, 1.165) is 32.4 Å². The summed E-state index contributed by atoms with van der Waals surface area (Å²) in [7, 11) is 3.84. The van der Waals surface area contributed by atoms with Gasteiger partial charge in [-0.15, -0.1) is 0 Å². The molecule has 1 aromatic rings. The van der Waals surface area contributed by atoms with Gasteiger partial charge in [-0.1, -0.05) is 0 Å². The highest BCUT2D eigenvalue weighted by Gasteiger charge is 2.33. The van der Waals surface area contributed by atoms with Gasteiger partial charge in [0.1, 0.15) is 0 Å². The van der Waals surface area contributed by atoms with Gasteiger partial charge in [0.2, 0.25) is 0 Å². The number of hydrogen-bond acceptors (Lipinski definition) is 3. The highest BCUT2D eigenvalue weighted by Crippen LogP contribution is 2.27. The zero-order valence-corrected chi connectivity index (χ0v) is 10.4. The van der Waals surface area contributed by atoms with E-state index in [1.54, 1.807) is 0 Å². The van der Waals surface area contributed by atoms with Crippen LogP contribution in [0.3, 0.4) is 0 Å². The van der Waals surface area contributed by atoms with Crippen molar-refractivity contribution in [3.8, 4) is 0 Å². The molecule has 1 saturated heterocycles. The number of hydrogen-bond donors (Lipinski definition) is 1. The van der Waals surface area contributed by atoms with E-state index in [1.165, 1.54) is 11.3 Å². The Morgan fingerprint density at radius 2 is 2.19 bits per heavy atom. The lowest BCUT2D eigenvalue weighted by atomic mass is 9.86. The molecule has 0 saturated carbocycles. The number of methoxy groups -OCH3 is 1. The number of aromatic nitrogens is 2. The molecule has 1 fully saturated rings. The van der Waals surface area contributed by atoms with Gasteiger partial charge >= 0.3 is 0 Å². The molecule has 1 aliphatic heterocycles. The van der Waals surface area contributed by atoms with E-state index in [-0.39, 0.29) is 5.60 Å². The average molecular weight is 223 g/mol. The Balaban J connectivity index is 2.17. The van der Waals surface area contributed by atoms with Crippen molar-refractivity contribution in [1.82, 2.24) is 15.1 Å². The van der Waals surface area contributed by atoms with Crippen molar-refractivity contribution in [2.45, 2.75) is 31.8 Å². The molecule has 0 spiro atoms. The van der Waals surface area contributed by atoms with E-state index in [9.17, 15) is 0 Å². The van der Waals surface area contributed by atoms with Crippen molar-refractivity contribution in [3.63, 3.8) is 0 Å². The van der Waals surface area contributed by atoms with Gasteiger partial charge in [-0.2, -0.15) is 5.10 Å². The molecule has 90 valence electrons. The van der Waals surface area contributed by atoms with Crippen LogP contribution in [0.4, 0.5) is 0 Å². The number of nitrogens with zero attached hydrogens (tertiary/aromatic N) is 2. The smallest absolute Gasteiger partial charge is 0.0758 e. The summed E-state index contributed by atoms with van der Waals surface area (Å²) in [5.74, 6) is 0. The molecule has 2 heterocycles. The van der Waals surface area contributed by atoms with E-state index >= 15 is 0 Å². The molecule has 0 aliphatic carbocycles. The molecule has 4 heteroatoms. The first-order chi connectivity index (χ1) is 7.67. The third-order valence-corrected chi connectivity index (χ3v) is 3.71. The van der Waals surface area contributed by atoms with Crippen LogP contribution in [-0.4, -0.2) is 35.6 Å². The number of nitrogens with one attached hydrogen (secondary N) is 1. The van der Waals surface area contributed by atoms with Gasteiger partial charge in [0, 0.05) is 26.3 Å². The quantitative estimate of drug-likeness (QED) is 0.832. The Morgan fingerprint density at radius 1 is 1.50 bits per heavy atom. The maximum Gasteiger partial charge on any atom is 0.0758 e. The molecular weight excluding hydrogens is 202 g/mol. The second kappa shape index (κ2) is 4.55. The SMILES string of the molecule is COC1(Cc2c(C)cnn2C)CCNCC1. The lowest BCUT2D eigenvalue weighted by Gasteiger charge is -2.36. The second-order valence-electron chi connectivity index (χ2n) is 4.71. The van der Waals surface area contributed by atoms with Crippen LogP contribution in [-0.2, 0) is 18.2 Å². The standard InChI is InChI=1S/C12H21N3O/c1-10-9-14-15(2)11(10)8-12(16-3)4-6-13-7-5-12/h9,13H,4-8H2,1-3H3. The molecular formula is C12H21N3O. The first kappa shape index (κ1) is 11.6. The van der Waals surface area contributed by atoms with E-state index in [4.69, 9.17) is 4.74 Å². The summed E-state index contributed by atoms with van der Waals surface area (Å²) in [4.78, 5) is 0. The van der Waals surface area contributed by atoms with Crippen molar-refractivity contribution in [3.05, 3.63) is 17.5 Å². The van der Waals surface area contributed by atoms with Crippen LogP contribution in [0.15, 0.2) is 6.20 Å². The van der Waals surface area contributed by atoms with Crippen LogP contribution in [0, 0.1) is 6.92 Å². The van der Waals surface area contributed by atoms with Gasteiger partial charge in [0.25, 0.3) is 0 Å². The fraction of sp³-hybridized carbons (Fsp3) is 0.750. The Bertz CT molecular complexity index is 334. The van der Waals surface area contributed by atoms with Crippen LogP contribution in [0.2, 0.25) is 0 Å². The predicted molar refractivity (Wildman–Crippen MR) is 63.5 cm³/mol. The van der Waals surface area contributed by atoms with Gasteiger partial charge in [0.05, 0.1) is 11.8 Å². The van der Waals surface area contributed by atoms with Crippen molar-refractivity contribution in [2.24, 2.45) is 7.05 Å². The molecule has 0 amide bonds. The lowest BCUT2D eigenvalue weighted by Crippen LogP contribution is -2.45. The van der Waals surface area contributed by atoms with Gasteiger partial charge in [0.15, 0.2) is 0 Å². The first-order valence-corrected chi connectivity index (χ1v) is 5.90. The highest BCUT2D eigenvalue weighted by atomic mass is 16.5. The van der Waals surface area contributed by atoms with Crippen molar-refractivity contribution in [1.29, 1.82) is 0 Å². The molecule has 0 atom stereocenters. The summed E-state index contributed by atoms with van der Waals surface area (Å²) in [6.45, 7) is 4.21. The van der Waals surface area contributed by atoms with Crippen LogP contribution < -0.4 is 5.32 Å². The van der Waals surface area contributed by atoms with Crippen LogP contribution in [0.1, 0.15) is 24.1 Å². The van der Waals surface area contributed by atoms with E-state index < -0.39 is 0 Å². The Hall–Kier alpha value is -0.870. The molecule has 1 aliphatic rings. The van der Waals surface area contributed by atoms with Gasteiger partial charge < -0.3 is 10.1 Å². The third kappa shape index (κ3) is 2.13. The molecule has 0 unspecified atom stereocenters. The van der Waals surface area contributed by atoms with Gasteiger partial charge in [-0.25, -0.2) is 0 Å². The van der Waals surface area contributed by atoms with Crippen molar-refractivity contribution < 1.29 is 4.74 Å².